The predicted octanol–water partition coefficient (Wildman–Crippen LogP) is 2.89. The minimum Gasteiger partial charge on any atom is -0.378 e. The molecule has 3 aromatic rings. The predicted molar refractivity (Wildman–Crippen MR) is 96.3 cm³/mol. The SMILES string of the molecule is O=C(Nc1cccc(-c2nc3ccccc3s2)c1)[C@@H]1COCCN1. The van der Waals surface area contributed by atoms with Crippen LogP contribution in [0, 0.1) is 0 Å². The van der Waals surface area contributed by atoms with Crippen molar-refractivity contribution in [3.63, 3.8) is 0 Å². The molecule has 2 N–H and O–H groups in total. The van der Waals surface area contributed by atoms with Crippen LogP contribution < -0.4 is 10.6 Å². The lowest BCUT2D eigenvalue weighted by Gasteiger charge is -2.22. The molecular weight excluding hydrogens is 322 g/mol. The summed E-state index contributed by atoms with van der Waals surface area (Å²) >= 11 is 1.65. The molecular formula is C18H17N3O2S. The Morgan fingerprint density at radius 3 is 3.00 bits per heavy atom. The molecule has 6 heteroatoms. The van der Waals surface area contributed by atoms with Crippen molar-refractivity contribution in [2.45, 2.75) is 6.04 Å². The van der Waals surface area contributed by atoms with Gasteiger partial charge in [0, 0.05) is 17.8 Å². The number of para-hydroxylation sites is 1. The van der Waals surface area contributed by atoms with Gasteiger partial charge in [0.25, 0.3) is 0 Å². The average molecular weight is 339 g/mol. The molecule has 1 saturated heterocycles. The number of aromatic nitrogens is 1. The zero-order chi connectivity index (χ0) is 16.4. The van der Waals surface area contributed by atoms with E-state index < -0.39 is 0 Å². The summed E-state index contributed by atoms with van der Waals surface area (Å²) in [5, 5.41) is 7.06. The van der Waals surface area contributed by atoms with Gasteiger partial charge >= 0.3 is 0 Å². The van der Waals surface area contributed by atoms with Crippen molar-refractivity contribution >= 4 is 33.1 Å². The second-order valence-corrected chi connectivity index (χ2v) is 6.67. The van der Waals surface area contributed by atoms with Crippen LogP contribution in [0.4, 0.5) is 5.69 Å². The molecule has 0 spiro atoms. The van der Waals surface area contributed by atoms with E-state index in [9.17, 15) is 4.79 Å². The second kappa shape index (κ2) is 6.68. The molecule has 1 fully saturated rings. The number of hydrogen-bond acceptors (Lipinski definition) is 5. The number of thiazole rings is 1. The lowest BCUT2D eigenvalue weighted by molar-refractivity contribution is -0.120. The summed E-state index contributed by atoms with van der Waals surface area (Å²) in [6.45, 7) is 1.75. The highest BCUT2D eigenvalue weighted by Gasteiger charge is 2.21. The van der Waals surface area contributed by atoms with Gasteiger partial charge in [-0.05, 0) is 24.3 Å². The molecule has 0 bridgehead atoms. The molecule has 4 rings (SSSR count). The van der Waals surface area contributed by atoms with Gasteiger partial charge in [0.2, 0.25) is 5.91 Å². The highest BCUT2D eigenvalue weighted by atomic mass is 32.1. The highest BCUT2D eigenvalue weighted by Crippen LogP contribution is 2.31. The lowest BCUT2D eigenvalue weighted by Crippen LogP contribution is -2.48. The number of fused-ring (bicyclic) bond motifs is 1. The number of carbonyl (C=O) groups is 1. The largest absolute Gasteiger partial charge is 0.378 e. The number of amides is 1. The Balaban J connectivity index is 1.55. The van der Waals surface area contributed by atoms with Crippen LogP contribution in [0.15, 0.2) is 48.5 Å². The number of hydrogen-bond donors (Lipinski definition) is 2. The Morgan fingerprint density at radius 2 is 2.17 bits per heavy atom. The Morgan fingerprint density at radius 1 is 1.25 bits per heavy atom. The zero-order valence-corrected chi connectivity index (χ0v) is 13.8. The van der Waals surface area contributed by atoms with Gasteiger partial charge in [-0.3, -0.25) is 4.79 Å². The smallest absolute Gasteiger partial charge is 0.243 e. The Kier molecular flexibility index (Phi) is 4.25. The summed E-state index contributed by atoms with van der Waals surface area (Å²) in [6.07, 6.45) is 0. The molecule has 0 radical (unpaired) electrons. The molecule has 1 aromatic heterocycles. The Labute approximate surface area is 143 Å². The van der Waals surface area contributed by atoms with Crippen molar-refractivity contribution < 1.29 is 9.53 Å². The number of anilines is 1. The number of benzene rings is 2. The van der Waals surface area contributed by atoms with Gasteiger partial charge in [-0.25, -0.2) is 4.98 Å². The Bertz CT molecular complexity index is 838. The standard InChI is InChI=1S/C18H17N3O2S/c22-17(15-11-23-9-8-19-15)20-13-5-3-4-12(10-13)18-21-14-6-1-2-7-16(14)24-18/h1-7,10,15,19H,8-9,11H2,(H,20,22)/t15-/m0/s1. The molecule has 122 valence electrons. The maximum atomic E-state index is 12.3. The minimum atomic E-state index is -0.301. The maximum absolute atomic E-state index is 12.3. The number of nitrogens with zero attached hydrogens (tertiary/aromatic N) is 1. The number of rotatable bonds is 3. The average Bonchev–Trinajstić information content (AvgIpc) is 3.07. The van der Waals surface area contributed by atoms with Crippen LogP contribution in [0.25, 0.3) is 20.8 Å². The molecule has 2 aromatic carbocycles. The van der Waals surface area contributed by atoms with Crippen LogP contribution >= 0.6 is 11.3 Å². The third-order valence-electron chi connectivity index (χ3n) is 3.91. The van der Waals surface area contributed by atoms with Gasteiger partial charge < -0.3 is 15.4 Å². The highest BCUT2D eigenvalue weighted by molar-refractivity contribution is 7.21. The van der Waals surface area contributed by atoms with Gasteiger partial charge in [0.15, 0.2) is 0 Å². The van der Waals surface area contributed by atoms with E-state index in [0.717, 1.165) is 26.5 Å². The van der Waals surface area contributed by atoms with Crippen molar-refractivity contribution in [3.8, 4) is 10.6 Å². The molecule has 0 aliphatic carbocycles. The number of ether oxygens (including phenoxy) is 1. The molecule has 24 heavy (non-hydrogen) atoms. The molecule has 0 unspecified atom stereocenters. The van der Waals surface area contributed by atoms with Gasteiger partial charge in [-0.2, -0.15) is 0 Å². The molecule has 1 amide bonds. The summed E-state index contributed by atoms with van der Waals surface area (Å²) in [7, 11) is 0. The topological polar surface area (TPSA) is 63.2 Å². The lowest BCUT2D eigenvalue weighted by atomic mass is 10.2. The minimum absolute atomic E-state index is 0.0730. The van der Waals surface area contributed by atoms with E-state index in [1.54, 1.807) is 11.3 Å². The van der Waals surface area contributed by atoms with Gasteiger partial charge in [-0.15, -0.1) is 11.3 Å². The molecule has 1 atom stereocenters. The first kappa shape index (κ1) is 15.3. The molecule has 5 nitrogen and oxygen atoms in total. The van der Waals surface area contributed by atoms with E-state index in [1.807, 2.05) is 42.5 Å². The summed E-state index contributed by atoms with van der Waals surface area (Å²) in [5.74, 6) is -0.0730. The third-order valence-corrected chi connectivity index (χ3v) is 4.99. The number of nitrogens with one attached hydrogen (secondary N) is 2. The first-order chi connectivity index (χ1) is 11.8. The van der Waals surface area contributed by atoms with Crippen molar-refractivity contribution in [2.24, 2.45) is 0 Å². The molecule has 1 aliphatic rings. The van der Waals surface area contributed by atoms with Crippen molar-refractivity contribution in [1.29, 1.82) is 0 Å². The first-order valence-electron chi connectivity index (χ1n) is 7.87. The summed E-state index contributed by atoms with van der Waals surface area (Å²) in [4.78, 5) is 17.0. The van der Waals surface area contributed by atoms with E-state index in [2.05, 4.69) is 21.7 Å². The third kappa shape index (κ3) is 3.17. The molecule has 1 aliphatic heterocycles. The van der Waals surface area contributed by atoms with E-state index >= 15 is 0 Å². The quantitative estimate of drug-likeness (QED) is 0.770. The summed E-state index contributed by atoms with van der Waals surface area (Å²) < 4.78 is 6.49. The normalized spacial score (nSPS) is 17.8. The molecule has 0 saturated carbocycles. The fourth-order valence-electron chi connectivity index (χ4n) is 2.69. The van der Waals surface area contributed by atoms with Crippen LogP contribution in [-0.2, 0) is 9.53 Å². The van der Waals surface area contributed by atoms with E-state index in [1.165, 1.54) is 0 Å². The van der Waals surface area contributed by atoms with Crippen LogP contribution in [0.3, 0.4) is 0 Å². The fourth-order valence-corrected chi connectivity index (χ4v) is 3.65. The van der Waals surface area contributed by atoms with Crippen LogP contribution in [0.5, 0.6) is 0 Å². The van der Waals surface area contributed by atoms with E-state index in [4.69, 9.17) is 4.74 Å². The summed E-state index contributed by atoms with van der Waals surface area (Å²) in [5.41, 5.74) is 2.77. The molecule has 2 heterocycles. The Hall–Kier alpha value is -2.28. The second-order valence-electron chi connectivity index (χ2n) is 5.64. The van der Waals surface area contributed by atoms with Crippen molar-refractivity contribution in [3.05, 3.63) is 48.5 Å². The number of carbonyl (C=O) groups excluding carboxylic acids is 1. The van der Waals surface area contributed by atoms with E-state index in [0.29, 0.717) is 19.8 Å². The zero-order valence-electron chi connectivity index (χ0n) is 13.0. The van der Waals surface area contributed by atoms with Gasteiger partial charge in [0.1, 0.15) is 11.0 Å². The first-order valence-corrected chi connectivity index (χ1v) is 8.69. The fraction of sp³-hybridized carbons (Fsp3) is 0.222. The summed E-state index contributed by atoms with van der Waals surface area (Å²) in [6, 6.07) is 15.6. The van der Waals surface area contributed by atoms with Crippen molar-refractivity contribution in [2.75, 3.05) is 25.1 Å². The van der Waals surface area contributed by atoms with Gasteiger partial charge in [-0.1, -0.05) is 24.3 Å². The van der Waals surface area contributed by atoms with Crippen LogP contribution in [-0.4, -0.2) is 36.7 Å². The van der Waals surface area contributed by atoms with Crippen LogP contribution in [0.2, 0.25) is 0 Å². The van der Waals surface area contributed by atoms with Gasteiger partial charge in [0.05, 0.1) is 23.4 Å². The van der Waals surface area contributed by atoms with Crippen LogP contribution in [0.1, 0.15) is 0 Å². The monoisotopic (exact) mass is 339 g/mol. The maximum Gasteiger partial charge on any atom is 0.243 e. The van der Waals surface area contributed by atoms with E-state index in [-0.39, 0.29) is 11.9 Å². The van der Waals surface area contributed by atoms with Crippen molar-refractivity contribution in [1.82, 2.24) is 10.3 Å². The number of morpholine rings is 1.